The van der Waals surface area contributed by atoms with Crippen molar-refractivity contribution >= 4 is 33.6 Å². The van der Waals surface area contributed by atoms with Crippen LogP contribution in [0, 0.1) is 11.3 Å². The molecule has 0 spiro atoms. The van der Waals surface area contributed by atoms with Crippen LogP contribution >= 0.6 is 15.9 Å². The van der Waals surface area contributed by atoms with Crippen LogP contribution in [0.5, 0.6) is 0 Å². The Morgan fingerprint density at radius 1 is 1.26 bits per heavy atom. The molecule has 3 nitrogen and oxygen atoms in total. The van der Waals surface area contributed by atoms with Crippen LogP contribution in [0.25, 0.3) is 0 Å². The van der Waals surface area contributed by atoms with Crippen molar-refractivity contribution in [1.82, 2.24) is 0 Å². The molecule has 0 radical (unpaired) electrons. The van der Waals surface area contributed by atoms with E-state index >= 15 is 0 Å². The van der Waals surface area contributed by atoms with Gasteiger partial charge in [-0.2, -0.15) is 5.26 Å². The third-order valence-electron chi connectivity index (χ3n) is 2.88. The molecule has 0 saturated heterocycles. The Bertz CT molecular complexity index is 661. The fraction of sp³-hybridized carbons (Fsp3) is 0.0667. The zero-order valence-corrected chi connectivity index (χ0v) is 11.9. The number of benzene rings is 2. The number of hydrogen-bond donors (Lipinski definition) is 0. The molecule has 94 valence electrons. The zero-order chi connectivity index (χ0) is 13.8. The number of hydrogen-bond acceptors (Lipinski definition) is 3. The molecule has 0 saturated carbocycles. The number of anilines is 2. The third-order valence-corrected chi connectivity index (χ3v) is 3.57. The second kappa shape index (κ2) is 5.68. The molecular formula is C15H11BrN2O. The van der Waals surface area contributed by atoms with Crippen molar-refractivity contribution in [2.75, 3.05) is 11.9 Å². The minimum atomic E-state index is 0.603. The molecule has 2 aromatic carbocycles. The number of rotatable bonds is 3. The van der Waals surface area contributed by atoms with Crippen LogP contribution in [0.1, 0.15) is 15.9 Å². The summed E-state index contributed by atoms with van der Waals surface area (Å²) in [4.78, 5) is 12.7. The third kappa shape index (κ3) is 2.67. The highest BCUT2D eigenvalue weighted by Crippen LogP contribution is 2.29. The fourth-order valence-corrected chi connectivity index (χ4v) is 2.28. The van der Waals surface area contributed by atoms with E-state index in [9.17, 15) is 4.79 Å². The lowest BCUT2D eigenvalue weighted by Gasteiger charge is -2.21. The molecule has 19 heavy (non-hydrogen) atoms. The molecule has 2 aromatic rings. The summed E-state index contributed by atoms with van der Waals surface area (Å²) in [6.45, 7) is 0. The average molecular weight is 315 g/mol. The molecule has 0 N–H and O–H groups in total. The van der Waals surface area contributed by atoms with Crippen LogP contribution < -0.4 is 4.90 Å². The number of para-hydroxylation sites is 1. The van der Waals surface area contributed by atoms with Gasteiger partial charge in [-0.1, -0.05) is 12.1 Å². The Kier molecular flexibility index (Phi) is 3.98. The van der Waals surface area contributed by atoms with Crippen LogP contribution in [0.15, 0.2) is 46.9 Å². The minimum Gasteiger partial charge on any atom is -0.344 e. The van der Waals surface area contributed by atoms with Crippen LogP contribution in [-0.4, -0.2) is 13.3 Å². The van der Waals surface area contributed by atoms with Crippen LogP contribution in [0.2, 0.25) is 0 Å². The minimum absolute atomic E-state index is 0.603. The lowest BCUT2D eigenvalue weighted by atomic mass is 10.1. The molecule has 2 rings (SSSR count). The van der Waals surface area contributed by atoms with E-state index in [1.807, 2.05) is 42.3 Å². The Labute approximate surface area is 120 Å². The second-order valence-corrected chi connectivity index (χ2v) is 4.87. The summed E-state index contributed by atoms with van der Waals surface area (Å²) in [7, 11) is 1.89. The second-order valence-electron chi connectivity index (χ2n) is 4.01. The van der Waals surface area contributed by atoms with E-state index in [1.54, 1.807) is 12.1 Å². The topological polar surface area (TPSA) is 44.1 Å². The molecule has 0 aromatic heterocycles. The van der Waals surface area contributed by atoms with Gasteiger partial charge in [-0.15, -0.1) is 0 Å². The molecule has 0 unspecified atom stereocenters. The van der Waals surface area contributed by atoms with E-state index < -0.39 is 0 Å². The first-order chi connectivity index (χ1) is 9.17. The summed E-state index contributed by atoms with van der Waals surface area (Å²) in [5, 5.41) is 9.12. The van der Waals surface area contributed by atoms with Crippen molar-refractivity contribution in [3.05, 3.63) is 58.1 Å². The zero-order valence-electron chi connectivity index (χ0n) is 10.3. The fourth-order valence-electron chi connectivity index (χ4n) is 1.82. The normalized spacial score (nSPS) is 9.74. The Balaban J connectivity index is 2.44. The maximum absolute atomic E-state index is 10.8. The van der Waals surface area contributed by atoms with Crippen LogP contribution in [0.3, 0.4) is 0 Å². The molecular weight excluding hydrogens is 304 g/mol. The maximum atomic E-state index is 10.8. The van der Waals surface area contributed by atoms with Gasteiger partial charge >= 0.3 is 0 Å². The summed E-state index contributed by atoms with van der Waals surface area (Å²) in [6.07, 6.45) is 0.803. The molecule has 0 amide bonds. The van der Waals surface area contributed by atoms with Crippen LogP contribution in [-0.2, 0) is 0 Å². The quantitative estimate of drug-likeness (QED) is 0.807. The smallest absolute Gasteiger partial charge is 0.151 e. The summed E-state index contributed by atoms with van der Waals surface area (Å²) >= 11 is 3.36. The van der Waals surface area contributed by atoms with Crippen LogP contribution in [0.4, 0.5) is 11.4 Å². The average Bonchev–Trinajstić information content (AvgIpc) is 2.46. The monoisotopic (exact) mass is 314 g/mol. The Hall–Kier alpha value is -2.12. The number of aldehydes is 1. The predicted octanol–water partition coefficient (Wildman–Crippen LogP) is 3.90. The lowest BCUT2D eigenvalue weighted by Crippen LogP contribution is -2.11. The first kappa shape index (κ1) is 13.3. The number of halogens is 1. The van der Waals surface area contributed by atoms with Gasteiger partial charge in [0.05, 0.1) is 11.3 Å². The highest BCUT2D eigenvalue weighted by Gasteiger charge is 2.10. The van der Waals surface area contributed by atoms with Crippen molar-refractivity contribution in [3.63, 3.8) is 0 Å². The van der Waals surface area contributed by atoms with E-state index in [0.29, 0.717) is 11.1 Å². The van der Waals surface area contributed by atoms with Gasteiger partial charge in [-0.25, -0.2) is 0 Å². The SMILES string of the molecule is CN(c1ccc(C=O)c(Br)c1)c1ccccc1C#N. The highest BCUT2D eigenvalue weighted by atomic mass is 79.9. The number of carbonyl (C=O) groups is 1. The van der Waals surface area contributed by atoms with Gasteiger partial charge in [0, 0.05) is 22.8 Å². The molecule has 0 atom stereocenters. The lowest BCUT2D eigenvalue weighted by molar-refractivity contribution is 0.112. The summed E-state index contributed by atoms with van der Waals surface area (Å²) in [5.74, 6) is 0. The van der Waals surface area contributed by atoms with E-state index in [2.05, 4.69) is 22.0 Å². The van der Waals surface area contributed by atoms with Gasteiger partial charge in [0.15, 0.2) is 6.29 Å². The molecule has 0 aliphatic rings. The number of nitrogens with zero attached hydrogens (tertiary/aromatic N) is 2. The van der Waals surface area contributed by atoms with Gasteiger partial charge in [0.2, 0.25) is 0 Å². The first-order valence-electron chi connectivity index (χ1n) is 5.65. The first-order valence-corrected chi connectivity index (χ1v) is 6.44. The van der Waals surface area contributed by atoms with Crippen molar-refractivity contribution in [2.45, 2.75) is 0 Å². The van der Waals surface area contributed by atoms with E-state index in [4.69, 9.17) is 5.26 Å². The molecule has 0 aliphatic carbocycles. The molecule has 4 heteroatoms. The van der Waals surface area contributed by atoms with Crippen molar-refractivity contribution in [3.8, 4) is 6.07 Å². The molecule has 0 heterocycles. The summed E-state index contributed by atoms with van der Waals surface area (Å²) in [6, 6.07) is 15.0. The van der Waals surface area contributed by atoms with Crippen molar-refractivity contribution in [1.29, 1.82) is 5.26 Å². The van der Waals surface area contributed by atoms with Gasteiger partial charge in [-0.05, 0) is 46.3 Å². The number of carbonyl (C=O) groups excluding carboxylic acids is 1. The molecule has 0 bridgehead atoms. The van der Waals surface area contributed by atoms with E-state index in [-0.39, 0.29) is 0 Å². The molecule has 0 fully saturated rings. The Morgan fingerprint density at radius 3 is 2.63 bits per heavy atom. The van der Waals surface area contributed by atoms with E-state index in [1.165, 1.54) is 0 Å². The van der Waals surface area contributed by atoms with Crippen molar-refractivity contribution in [2.24, 2.45) is 0 Å². The van der Waals surface area contributed by atoms with E-state index in [0.717, 1.165) is 22.1 Å². The Morgan fingerprint density at radius 2 is 2.00 bits per heavy atom. The molecule has 0 aliphatic heterocycles. The van der Waals surface area contributed by atoms with Gasteiger partial charge in [-0.3, -0.25) is 4.79 Å². The largest absolute Gasteiger partial charge is 0.344 e. The maximum Gasteiger partial charge on any atom is 0.151 e. The van der Waals surface area contributed by atoms with Crippen molar-refractivity contribution < 1.29 is 4.79 Å². The van der Waals surface area contributed by atoms with Gasteiger partial charge in [0.1, 0.15) is 6.07 Å². The highest BCUT2D eigenvalue weighted by molar-refractivity contribution is 9.10. The number of nitriles is 1. The summed E-state index contributed by atoms with van der Waals surface area (Å²) in [5.41, 5.74) is 2.95. The van der Waals surface area contributed by atoms with Gasteiger partial charge < -0.3 is 4.90 Å². The summed E-state index contributed by atoms with van der Waals surface area (Å²) < 4.78 is 0.737. The van der Waals surface area contributed by atoms with Gasteiger partial charge in [0.25, 0.3) is 0 Å². The standard InChI is InChI=1S/C15H11BrN2O/c1-18(15-5-3-2-4-11(15)9-17)13-7-6-12(10-19)14(16)8-13/h2-8,10H,1H3. The predicted molar refractivity (Wildman–Crippen MR) is 78.7 cm³/mol.